The molecule has 2 saturated heterocycles. The Hall–Kier alpha value is -0.300. The number of hydrogen-bond acceptors (Lipinski definition) is 5. The smallest absolute Gasteiger partial charge is 0.159 e. The Kier molecular flexibility index (Phi) is 4.07. The molecule has 0 unspecified atom stereocenters. The lowest BCUT2D eigenvalue weighted by atomic mass is 10.00. The van der Waals surface area contributed by atoms with E-state index >= 15 is 0 Å². The molecule has 0 saturated carbocycles. The van der Waals surface area contributed by atoms with Gasteiger partial charge in [-0.2, -0.15) is 0 Å². The van der Waals surface area contributed by atoms with E-state index in [-0.39, 0.29) is 24.2 Å². The lowest BCUT2D eigenvalue weighted by molar-refractivity contribution is -0.103. The SMILES string of the molecule is CCN=C1N[C@@H]2C[C@H](O)[C@@H](CCO)O[C@@H]2S1. The normalized spacial score (nSPS) is 40.8. The Balaban J connectivity index is 1.97. The van der Waals surface area contributed by atoms with Crippen LogP contribution in [0.25, 0.3) is 0 Å². The largest absolute Gasteiger partial charge is 0.396 e. The lowest BCUT2D eigenvalue weighted by Crippen LogP contribution is -2.48. The van der Waals surface area contributed by atoms with Gasteiger partial charge in [-0.05, 0) is 19.8 Å². The van der Waals surface area contributed by atoms with Crippen molar-refractivity contribution in [1.82, 2.24) is 5.32 Å². The van der Waals surface area contributed by atoms with E-state index in [9.17, 15) is 5.11 Å². The first kappa shape index (κ1) is 12.2. The Bertz CT molecular complexity index is 275. The molecule has 4 atom stereocenters. The summed E-state index contributed by atoms with van der Waals surface area (Å²) in [7, 11) is 0. The highest BCUT2D eigenvalue weighted by molar-refractivity contribution is 8.14. The van der Waals surface area contributed by atoms with Gasteiger partial charge in [-0.25, -0.2) is 0 Å². The molecule has 0 aromatic rings. The number of nitrogens with zero attached hydrogens (tertiary/aromatic N) is 1. The van der Waals surface area contributed by atoms with Crippen molar-refractivity contribution in [2.75, 3.05) is 13.2 Å². The van der Waals surface area contributed by atoms with Crippen LogP contribution in [-0.2, 0) is 4.74 Å². The fourth-order valence-corrected chi connectivity index (χ4v) is 3.22. The van der Waals surface area contributed by atoms with Crippen LogP contribution in [0, 0.1) is 0 Å². The molecular formula is C10H18N2O3S. The Morgan fingerprint density at radius 2 is 2.44 bits per heavy atom. The number of aliphatic hydroxyl groups is 2. The standard InChI is InChI=1S/C10H18N2O3S/c1-2-11-10-12-6-5-7(14)8(3-4-13)15-9(6)16-10/h6-9,13-14H,2-5H2,1H3,(H,11,12)/t6-,7+,8-,9-/m1/s1. The topological polar surface area (TPSA) is 74.1 Å². The number of hydrogen-bond donors (Lipinski definition) is 3. The van der Waals surface area contributed by atoms with Crippen molar-refractivity contribution in [3.63, 3.8) is 0 Å². The van der Waals surface area contributed by atoms with Crippen LogP contribution in [0.4, 0.5) is 0 Å². The Labute approximate surface area is 99.3 Å². The minimum atomic E-state index is -0.498. The molecule has 2 heterocycles. The van der Waals surface area contributed by atoms with Crippen molar-refractivity contribution >= 4 is 16.9 Å². The highest BCUT2D eigenvalue weighted by Crippen LogP contribution is 2.34. The molecule has 16 heavy (non-hydrogen) atoms. The molecule has 5 nitrogen and oxygen atoms in total. The first-order chi connectivity index (χ1) is 7.74. The minimum Gasteiger partial charge on any atom is -0.396 e. The first-order valence-corrected chi connectivity index (χ1v) is 6.54. The third-order valence-electron chi connectivity index (χ3n) is 2.81. The number of rotatable bonds is 3. The maximum Gasteiger partial charge on any atom is 0.159 e. The van der Waals surface area contributed by atoms with E-state index < -0.39 is 6.10 Å². The predicted octanol–water partition coefficient (Wildman–Crippen LogP) is -0.0744. The summed E-state index contributed by atoms with van der Waals surface area (Å²) in [6.45, 7) is 2.78. The van der Waals surface area contributed by atoms with E-state index in [1.165, 1.54) is 0 Å². The summed E-state index contributed by atoms with van der Waals surface area (Å²) in [5, 5.41) is 22.9. The van der Waals surface area contributed by atoms with Crippen LogP contribution in [0.2, 0.25) is 0 Å². The summed E-state index contributed by atoms with van der Waals surface area (Å²) in [6, 6.07) is 0.139. The molecule has 0 spiro atoms. The molecule has 0 radical (unpaired) electrons. The minimum absolute atomic E-state index is 0.0187. The third kappa shape index (κ3) is 2.51. The molecule has 0 aromatic carbocycles. The molecule has 2 aliphatic rings. The van der Waals surface area contributed by atoms with Crippen LogP contribution >= 0.6 is 11.8 Å². The zero-order valence-electron chi connectivity index (χ0n) is 9.30. The first-order valence-electron chi connectivity index (χ1n) is 5.66. The average molecular weight is 246 g/mol. The summed E-state index contributed by atoms with van der Waals surface area (Å²) in [4.78, 5) is 4.30. The van der Waals surface area contributed by atoms with Crippen molar-refractivity contribution < 1.29 is 14.9 Å². The van der Waals surface area contributed by atoms with Crippen molar-refractivity contribution in [3.8, 4) is 0 Å². The second kappa shape index (κ2) is 5.35. The van der Waals surface area contributed by atoms with Gasteiger partial charge in [0.25, 0.3) is 0 Å². The number of fused-ring (bicyclic) bond motifs is 1. The van der Waals surface area contributed by atoms with Gasteiger partial charge in [-0.1, -0.05) is 11.8 Å². The number of amidine groups is 1. The van der Waals surface area contributed by atoms with Gasteiger partial charge in [0.1, 0.15) is 5.44 Å². The van der Waals surface area contributed by atoms with Crippen molar-refractivity contribution in [3.05, 3.63) is 0 Å². The van der Waals surface area contributed by atoms with Gasteiger partial charge in [-0.15, -0.1) is 0 Å². The molecular weight excluding hydrogens is 228 g/mol. The van der Waals surface area contributed by atoms with Crippen LogP contribution in [0.1, 0.15) is 19.8 Å². The summed E-state index contributed by atoms with van der Waals surface area (Å²) >= 11 is 1.57. The van der Waals surface area contributed by atoms with Gasteiger partial charge in [0.05, 0.1) is 18.2 Å². The molecule has 3 N–H and O–H groups in total. The van der Waals surface area contributed by atoms with Crippen molar-refractivity contribution in [2.24, 2.45) is 4.99 Å². The molecule has 0 aliphatic carbocycles. The van der Waals surface area contributed by atoms with Crippen LogP contribution in [-0.4, -0.2) is 52.2 Å². The predicted molar refractivity (Wildman–Crippen MR) is 63.5 cm³/mol. The van der Waals surface area contributed by atoms with Crippen molar-refractivity contribution in [2.45, 2.75) is 43.5 Å². The highest BCUT2D eigenvalue weighted by Gasteiger charge is 2.42. The van der Waals surface area contributed by atoms with E-state index in [4.69, 9.17) is 9.84 Å². The fourth-order valence-electron chi connectivity index (χ4n) is 2.03. The van der Waals surface area contributed by atoms with E-state index in [0.29, 0.717) is 12.8 Å². The van der Waals surface area contributed by atoms with Gasteiger partial charge in [0, 0.05) is 13.2 Å². The van der Waals surface area contributed by atoms with Crippen LogP contribution in [0.3, 0.4) is 0 Å². The number of nitrogens with one attached hydrogen (secondary N) is 1. The quantitative estimate of drug-likeness (QED) is 0.650. The van der Waals surface area contributed by atoms with E-state index in [2.05, 4.69) is 10.3 Å². The van der Waals surface area contributed by atoms with E-state index in [1.807, 2.05) is 6.92 Å². The van der Waals surface area contributed by atoms with Gasteiger partial charge in [0.2, 0.25) is 0 Å². The molecule has 92 valence electrons. The Morgan fingerprint density at radius 1 is 1.62 bits per heavy atom. The second-order valence-electron chi connectivity index (χ2n) is 4.01. The molecule has 2 fully saturated rings. The van der Waals surface area contributed by atoms with Crippen LogP contribution < -0.4 is 5.32 Å². The molecule has 0 bridgehead atoms. The van der Waals surface area contributed by atoms with Gasteiger partial charge in [-0.3, -0.25) is 4.99 Å². The second-order valence-corrected chi connectivity index (χ2v) is 5.09. The van der Waals surface area contributed by atoms with Crippen LogP contribution in [0.15, 0.2) is 4.99 Å². The monoisotopic (exact) mass is 246 g/mol. The van der Waals surface area contributed by atoms with Gasteiger partial charge in [0.15, 0.2) is 5.17 Å². The number of aliphatic hydroxyl groups excluding tert-OH is 2. The zero-order valence-corrected chi connectivity index (χ0v) is 10.1. The molecule has 0 aromatic heterocycles. The molecule has 2 rings (SSSR count). The Morgan fingerprint density at radius 3 is 3.12 bits per heavy atom. The zero-order chi connectivity index (χ0) is 11.5. The van der Waals surface area contributed by atoms with E-state index in [0.717, 1.165) is 11.7 Å². The summed E-state index contributed by atoms with van der Waals surface area (Å²) in [5.41, 5.74) is 0.0187. The maximum atomic E-state index is 9.84. The summed E-state index contributed by atoms with van der Waals surface area (Å²) in [6.07, 6.45) is 0.403. The molecule has 0 amide bonds. The van der Waals surface area contributed by atoms with Gasteiger partial charge < -0.3 is 20.3 Å². The summed E-state index contributed by atoms with van der Waals surface area (Å²) in [5.74, 6) is 0. The average Bonchev–Trinajstić information content (AvgIpc) is 2.61. The van der Waals surface area contributed by atoms with Crippen LogP contribution in [0.5, 0.6) is 0 Å². The van der Waals surface area contributed by atoms with Crippen molar-refractivity contribution in [1.29, 1.82) is 0 Å². The number of aliphatic imine (C=N–C) groups is 1. The molecule has 2 aliphatic heterocycles. The van der Waals surface area contributed by atoms with Gasteiger partial charge >= 0.3 is 0 Å². The number of ether oxygens (including phenoxy) is 1. The highest BCUT2D eigenvalue weighted by atomic mass is 32.2. The molecule has 6 heteroatoms. The third-order valence-corrected chi connectivity index (χ3v) is 3.96. The lowest BCUT2D eigenvalue weighted by Gasteiger charge is -2.34. The summed E-state index contributed by atoms with van der Waals surface area (Å²) < 4.78 is 5.75. The number of thioether (sulfide) groups is 1. The maximum absolute atomic E-state index is 9.84. The van der Waals surface area contributed by atoms with E-state index in [1.54, 1.807) is 11.8 Å². The fraction of sp³-hybridized carbons (Fsp3) is 0.900.